The SMILES string of the molecule is CC(C)(C)OC(=O)N1CCN(S(=O)(=O)N2CCc3ccccc3C2)CC1. The van der Waals surface area contributed by atoms with Gasteiger partial charge in [0.1, 0.15) is 5.60 Å². The van der Waals surface area contributed by atoms with E-state index in [9.17, 15) is 13.2 Å². The number of rotatable bonds is 2. The summed E-state index contributed by atoms with van der Waals surface area (Å²) in [6, 6.07) is 7.96. The summed E-state index contributed by atoms with van der Waals surface area (Å²) in [5, 5.41) is 0. The van der Waals surface area contributed by atoms with Crippen LogP contribution in [0.15, 0.2) is 24.3 Å². The first kappa shape index (κ1) is 19.1. The standard InChI is InChI=1S/C18H27N3O4S/c1-18(2,3)25-17(22)19-10-12-20(13-11-19)26(23,24)21-9-8-15-6-4-5-7-16(15)14-21/h4-7H,8-14H2,1-3H3. The molecule has 0 spiro atoms. The van der Waals surface area contributed by atoms with Crippen LogP contribution >= 0.6 is 0 Å². The van der Waals surface area contributed by atoms with Gasteiger partial charge in [-0.3, -0.25) is 0 Å². The molecule has 0 atom stereocenters. The van der Waals surface area contributed by atoms with Crippen molar-refractivity contribution in [2.24, 2.45) is 0 Å². The summed E-state index contributed by atoms with van der Waals surface area (Å²) in [5.41, 5.74) is 1.73. The average molecular weight is 381 g/mol. The molecule has 8 heteroatoms. The minimum absolute atomic E-state index is 0.291. The molecule has 144 valence electrons. The number of ether oxygens (including phenoxy) is 1. The number of carbonyl (C=O) groups is 1. The fraction of sp³-hybridized carbons (Fsp3) is 0.611. The van der Waals surface area contributed by atoms with E-state index in [2.05, 4.69) is 6.07 Å². The van der Waals surface area contributed by atoms with Crippen LogP contribution in [-0.4, -0.2) is 66.3 Å². The zero-order chi connectivity index (χ0) is 18.9. The number of carbonyl (C=O) groups excluding carboxylic acids is 1. The maximum Gasteiger partial charge on any atom is 0.410 e. The molecule has 0 N–H and O–H groups in total. The predicted octanol–water partition coefficient (Wildman–Crippen LogP) is 1.84. The van der Waals surface area contributed by atoms with E-state index in [1.165, 1.54) is 9.87 Å². The van der Waals surface area contributed by atoms with Gasteiger partial charge in [0.2, 0.25) is 0 Å². The fourth-order valence-corrected chi connectivity index (χ4v) is 4.83. The second-order valence-electron chi connectivity index (χ2n) is 7.73. The highest BCUT2D eigenvalue weighted by atomic mass is 32.2. The topological polar surface area (TPSA) is 70.2 Å². The molecule has 1 amide bonds. The average Bonchev–Trinajstić information content (AvgIpc) is 2.60. The molecule has 0 saturated carbocycles. The third-order valence-corrected chi connectivity index (χ3v) is 6.62. The van der Waals surface area contributed by atoms with Gasteiger partial charge < -0.3 is 9.64 Å². The minimum Gasteiger partial charge on any atom is -0.444 e. The van der Waals surface area contributed by atoms with Gasteiger partial charge in [-0.25, -0.2) is 4.79 Å². The molecule has 0 unspecified atom stereocenters. The normalized spacial score (nSPS) is 19.9. The summed E-state index contributed by atoms with van der Waals surface area (Å²) in [4.78, 5) is 13.7. The van der Waals surface area contributed by atoms with Gasteiger partial charge in [0.25, 0.3) is 10.2 Å². The van der Waals surface area contributed by atoms with E-state index in [1.807, 2.05) is 39.0 Å². The Morgan fingerprint density at radius 3 is 2.19 bits per heavy atom. The lowest BCUT2D eigenvalue weighted by molar-refractivity contribution is 0.0189. The van der Waals surface area contributed by atoms with Gasteiger partial charge in [0, 0.05) is 39.3 Å². The second-order valence-corrected chi connectivity index (χ2v) is 9.65. The number of hydrogen-bond acceptors (Lipinski definition) is 4. The quantitative estimate of drug-likeness (QED) is 0.784. The monoisotopic (exact) mass is 381 g/mol. The highest BCUT2D eigenvalue weighted by Gasteiger charge is 2.35. The molecular weight excluding hydrogens is 354 g/mol. The Hall–Kier alpha value is -1.64. The largest absolute Gasteiger partial charge is 0.444 e. The number of amides is 1. The summed E-state index contributed by atoms with van der Waals surface area (Å²) in [6.45, 7) is 7.63. The lowest BCUT2D eigenvalue weighted by Crippen LogP contribution is -2.55. The smallest absolute Gasteiger partial charge is 0.410 e. The lowest BCUT2D eigenvalue weighted by Gasteiger charge is -2.38. The van der Waals surface area contributed by atoms with Crippen molar-refractivity contribution < 1.29 is 17.9 Å². The Balaban J connectivity index is 1.61. The van der Waals surface area contributed by atoms with Gasteiger partial charge in [-0.2, -0.15) is 17.0 Å². The van der Waals surface area contributed by atoms with Crippen molar-refractivity contribution in [3.8, 4) is 0 Å². The molecule has 1 aromatic rings. The Morgan fingerprint density at radius 2 is 1.58 bits per heavy atom. The highest BCUT2D eigenvalue weighted by molar-refractivity contribution is 7.86. The zero-order valence-corrected chi connectivity index (χ0v) is 16.5. The summed E-state index contributed by atoms with van der Waals surface area (Å²) >= 11 is 0. The van der Waals surface area contributed by atoms with Crippen molar-refractivity contribution >= 4 is 16.3 Å². The number of piperazine rings is 1. The van der Waals surface area contributed by atoms with Gasteiger partial charge in [0.15, 0.2) is 0 Å². The summed E-state index contributed by atoms with van der Waals surface area (Å²) in [5.74, 6) is 0. The first-order chi connectivity index (χ1) is 12.2. The second kappa shape index (κ2) is 7.17. The molecule has 2 aliphatic rings. The van der Waals surface area contributed by atoms with Crippen molar-refractivity contribution in [3.05, 3.63) is 35.4 Å². The highest BCUT2D eigenvalue weighted by Crippen LogP contribution is 2.23. The Labute approximate surface area is 155 Å². The molecule has 26 heavy (non-hydrogen) atoms. The molecule has 3 rings (SSSR count). The Morgan fingerprint density at radius 1 is 0.962 bits per heavy atom. The zero-order valence-electron chi connectivity index (χ0n) is 15.6. The van der Waals surface area contributed by atoms with Gasteiger partial charge in [-0.15, -0.1) is 0 Å². The summed E-state index contributed by atoms with van der Waals surface area (Å²) < 4.78 is 34.3. The van der Waals surface area contributed by atoms with Crippen LogP contribution in [0.1, 0.15) is 31.9 Å². The molecule has 1 fully saturated rings. The molecule has 1 saturated heterocycles. The van der Waals surface area contributed by atoms with E-state index in [4.69, 9.17) is 4.74 Å². The first-order valence-corrected chi connectivity index (χ1v) is 10.4. The van der Waals surface area contributed by atoms with Crippen molar-refractivity contribution in [3.63, 3.8) is 0 Å². The number of nitrogens with zero attached hydrogens (tertiary/aromatic N) is 3. The number of benzene rings is 1. The van der Waals surface area contributed by atoms with Crippen LogP contribution in [0.5, 0.6) is 0 Å². The molecule has 0 aliphatic carbocycles. The Kier molecular flexibility index (Phi) is 5.28. The fourth-order valence-electron chi connectivity index (χ4n) is 3.26. The minimum atomic E-state index is -3.52. The van der Waals surface area contributed by atoms with E-state index < -0.39 is 15.8 Å². The van der Waals surface area contributed by atoms with Crippen LogP contribution in [0.2, 0.25) is 0 Å². The van der Waals surface area contributed by atoms with Crippen molar-refractivity contribution in [1.29, 1.82) is 0 Å². The van der Waals surface area contributed by atoms with Crippen LogP contribution in [0.4, 0.5) is 4.79 Å². The Bertz CT molecular complexity index is 765. The van der Waals surface area contributed by atoms with Gasteiger partial charge in [-0.05, 0) is 38.3 Å². The summed E-state index contributed by atoms with van der Waals surface area (Å²) in [7, 11) is -3.52. The number of hydrogen-bond donors (Lipinski definition) is 0. The molecule has 2 heterocycles. The van der Waals surface area contributed by atoms with Crippen LogP contribution in [0, 0.1) is 0 Å². The summed E-state index contributed by atoms with van der Waals surface area (Å²) in [6.07, 6.45) is 0.342. The third kappa shape index (κ3) is 4.19. The third-order valence-electron chi connectivity index (χ3n) is 4.64. The first-order valence-electron chi connectivity index (χ1n) is 8.97. The van der Waals surface area contributed by atoms with Gasteiger partial charge in [-0.1, -0.05) is 24.3 Å². The van der Waals surface area contributed by atoms with Crippen LogP contribution in [0.25, 0.3) is 0 Å². The van der Waals surface area contributed by atoms with Crippen molar-refractivity contribution in [2.45, 2.75) is 39.3 Å². The number of fused-ring (bicyclic) bond motifs is 1. The lowest BCUT2D eigenvalue weighted by atomic mass is 10.0. The maximum atomic E-state index is 13.0. The molecule has 0 bridgehead atoms. The molecule has 0 radical (unpaired) electrons. The van der Waals surface area contributed by atoms with Crippen LogP contribution in [-0.2, 0) is 27.9 Å². The van der Waals surface area contributed by atoms with Crippen LogP contribution in [0.3, 0.4) is 0 Å². The maximum absolute atomic E-state index is 13.0. The molecule has 1 aromatic carbocycles. The van der Waals surface area contributed by atoms with Gasteiger partial charge in [0.05, 0.1) is 0 Å². The molecular formula is C18H27N3O4S. The predicted molar refractivity (Wildman–Crippen MR) is 98.9 cm³/mol. The van der Waals surface area contributed by atoms with E-state index in [0.717, 1.165) is 12.0 Å². The van der Waals surface area contributed by atoms with Gasteiger partial charge >= 0.3 is 6.09 Å². The van der Waals surface area contributed by atoms with Crippen molar-refractivity contribution in [2.75, 3.05) is 32.7 Å². The van der Waals surface area contributed by atoms with Crippen molar-refractivity contribution in [1.82, 2.24) is 13.5 Å². The van der Waals surface area contributed by atoms with E-state index in [1.54, 1.807) is 9.21 Å². The molecule has 0 aromatic heterocycles. The van der Waals surface area contributed by atoms with Crippen LogP contribution < -0.4 is 0 Å². The van der Waals surface area contributed by atoms with E-state index >= 15 is 0 Å². The molecule has 7 nitrogen and oxygen atoms in total. The van der Waals surface area contributed by atoms with E-state index in [-0.39, 0.29) is 6.09 Å². The molecule has 2 aliphatic heterocycles. The van der Waals surface area contributed by atoms with E-state index in [0.29, 0.717) is 39.3 Å².